The number of aromatic nitrogens is 2. The zero-order valence-electron chi connectivity index (χ0n) is 15.2. The van der Waals surface area contributed by atoms with Crippen LogP contribution >= 0.6 is 0 Å². The molecule has 1 N–H and O–H groups in total. The molecular weight excluding hydrogens is 361 g/mol. The molecule has 3 aromatic rings. The predicted molar refractivity (Wildman–Crippen MR) is 101 cm³/mol. The Morgan fingerprint density at radius 2 is 2.18 bits per heavy atom. The number of ether oxygens (including phenoxy) is 2. The van der Waals surface area contributed by atoms with Gasteiger partial charge in [0.15, 0.2) is 5.82 Å². The van der Waals surface area contributed by atoms with E-state index in [0.29, 0.717) is 31.9 Å². The molecule has 1 atom stereocenters. The standard InChI is InChI=1S/C21H20FN3O3/c22-17-5-3-8-23-19(17)27-11-14-7-9-28-21(14)12-25(13-21)20(26)16-10-24-18-6-2-1-4-15(16)18/h1-6,8,10,14,24H,7,9,11-13H2/t14-/m1/s1. The number of para-hydroxylation sites is 1. The number of nitrogens with zero attached hydrogens (tertiary/aromatic N) is 2. The normalized spacial score (nSPS) is 20.5. The maximum atomic E-state index is 13.7. The van der Waals surface area contributed by atoms with Gasteiger partial charge >= 0.3 is 0 Å². The largest absolute Gasteiger partial charge is 0.475 e. The molecule has 6 nitrogen and oxygen atoms in total. The maximum Gasteiger partial charge on any atom is 0.256 e. The van der Waals surface area contributed by atoms with E-state index in [1.54, 1.807) is 11.1 Å². The second-order valence-corrected chi connectivity index (χ2v) is 7.41. The Kier molecular flexibility index (Phi) is 4.05. The smallest absolute Gasteiger partial charge is 0.256 e. The number of pyridine rings is 1. The van der Waals surface area contributed by atoms with Gasteiger partial charge in [0.2, 0.25) is 5.88 Å². The molecule has 7 heteroatoms. The minimum absolute atomic E-state index is 0.00554. The molecule has 2 aliphatic heterocycles. The third-order valence-electron chi connectivity index (χ3n) is 5.77. The molecule has 144 valence electrons. The van der Waals surface area contributed by atoms with Crippen molar-refractivity contribution in [2.45, 2.75) is 12.0 Å². The molecule has 1 aromatic carbocycles. The van der Waals surface area contributed by atoms with Gasteiger partial charge in [0.05, 0.1) is 25.3 Å². The van der Waals surface area contributed by atoms with Crippen LogP contribution in [-0.4, -0.2) is 52.7 Å². The van der Waals surface area contributed by atoms with Gasteiger partial charge in [-0.3, -0.25) is 4.79 Å². The number of hydrogen-bond acceptors (Lipinski definition) is 4. The maximum absolute atomic E-state index is 13.7. The highest BCUT2D eigenvalue weighted by atomic mass is 19.1. The summed E-state index contributed by atoms with van der Waals surface area (Å²) in [5.74, 6) is -0.370. The fourth-order valence-electron chi connectivity index (χ4n) is 4.19. The summed E-state index contributed by atoms with van der Waals surface area (Å²) in [5.41, 5.74) is 1.21. The van der Waals surface area contributed by atoms with Crippen molar-refractivity contribution >= 4 is 16.8 Å². The Hall–Kier alpha value is -2.93. The van der Waals surface area contributed by atoms with Crippen molar-refractivity contribution in [2.24, 2.45) is 5.92 Å². The number of carbonyl (C=O) groups excluding carboxylic acids is 1. The van der Waals surface area contributed by atoms with Crippen molar-refractivity contribution in [3.63, 3.8) is 0 Å². The number of fused-ring (bicyclic) bond motifs is 1. The van der Waals surface area contributed by atoms with E-state index in [9.17, 15) is 9.18 Å². The average molecular weight is 381 g/mol. The van der Waals surface area contributed by atoms with Gasteiger partial charge in [0.25, 0.3) is 5.91 Å². The first-order valence-electron chi connectivity index (χ1n) is 9.39. The van der Waals surface area contributed by atoms with Crippen LogP contribution in [-0.2, 0) is 4.74 Å². The number of hydrogen-bond donors (Lipinski definition) is 1. The minimum atomic E-state index is -0.472. The van der Waals surface area contributed by atoms with Crippen molar-refractivity contribution in [1.82, 2.24) is 14.9 Å². The highest BCUT2D eigenvalue weighted by molar-refractivity contribution is 6.07. The first kappa shape index (κ1) is 17.2. The first-order valence-corrected chi connectivity index (χ1v) is 9.39. The van der Waals surface area contributed by atoms with Crippen molar-refractivity contribution in [3.05, 3.63) is 60.2 Å². The van der Waals surface area contributed by atoms with Gasteiger partial charge in [-0.1, -0.05) is 18.2 Å². The summed E-state index contributed by atoms with van der Waals surface area (Å²) in [7, 11) is 0. The fraction of sp³-hybridized carbons (Fsp3) is 0.333. The van der Waals surface area contributed by atoms with Crippen LogP contribution in [0.25, 0.3) is 10.9 Å². The Morgan fingerprint density at radius 3 is 3.04 bits per heavy atom. The summed E-state index contributed by atoms with van der Waals surface area (Å²) in [6.45, 7) is 1.98. The summed E-state index contributed by atoms with van der Waals surface area (Å²) in [5, 5.41) is 0.923. The molecule has 5 rings (SSSR count). The van der Waals surface area contributed by atoms with Gasteiger partial charge in [-0.15, -0.1) is 0 Å². The number of rotatable bonds is 4. The zero-order chi connectivity index (χ0) is 19.1. The van der Waals surface area contributed by atoms with Crippen LogP contribution in [0.15, 0.2) is 48.8 Å². The van der Waals surface area contributed by atoms with Gasteiger partial charge < -0.3 is 19.4 Å². The van der Waals surface area contributed by atoms with Crippen LogP contribution in [0.2, 0.25) is 0 Å². The van der Waals surface area contributed by atoms with E-state index >= 15 is 0 Å². The summed E-state index contributed by atoms with van der Waals surface area (Å²) < 4.78 is 25.3. The molecular formula is C21H20FN3O3. The number of likely N-dealkylation sites (tertiary alicyclic amines) is 1. The van der Waals surface area contributed by atoms with Crippen LogP contribution in [0, 0.1) is 11.7 Å². The third-order valence-corrected chi connectivity index (χ3v) is 5.77. The summed E-state index contributed by atoms with van der Waals surface area (Å²) in [6.07, 6.45) is 4.09. The molecule has 0 aliphatic carbocycles. The second-order valence-electron chi connectivity index (χ2n) is 7.41. The Morgan fingerprint density at radius 1 is 1.32 bits per heavy atom. The van der Waals surface area contributed by atoms with Crippen LogP contribution < -0.4 is 4.74 Å². The van der Waals surface area contributed by atoms with E-state index in [-0.39, 0.29) is 17.7 Å². The van der Waals surface area contributed by atoms with Crippen LogP contribution in [0.5, 0.6) is 5.88 Å². The van der Waals surface area contributed by atoms with E-state index in [4.69, 9.17) is 9.47 Å². The summed E-state index contributed by atoms with van der Waals surface area (Å²) in [6, 6.07) is 10.6. The number of nitrogens with one attached hydrogen (secondary N) is 1. The van der Waals surface area contributed by atoms with Crippen LogP contribution in [0.4, 0.5) is 4.39 Å². The molecule has 28 heavy (non-hydrogen) atoms. The molecule has 1 amide bonds. The van der Waals surface area contributed by atoms with Gasteiger partial charge in [-0.25, -0.2) is 9.37 Å². The molecule has 0 bridgehead atoms. The van der Waals surface area contributed by atoms with E-state index in [0.717, 1.165) is 17.3 Å². The molecule has 2 saturated heterocycles. The second kappa shape index (κ2) is 6.60. The number of halogens is 1. The summed E-state index contributed by atoms with van der Waals surface area (Å²) in [4.78, 5) is 21.8. The third kappa shape index (κ3) is 2.74. The van der Waals surface area contributed by atoms with E-state index < -0.39 is 11.4 Å². The lowest BCUT2D eigenvalue weighted by Crippen LogP contribution is -2.66. The number of aromatic amines is 1. The number of benzene rings is 1. The average Bonchev–Trinajstić information content (AvgIpc) is 3.30. The lowest BCUT2D eigenvalue weighted by Gasteiger charge is -2.50. The Bertz CT molecular complexity index is 1030. The molecule has 0 unspecified atom stereocenters. The summed E-state index contributed by atoms with van der Waals surface area (Å²) >= 11 is 0. The van der Waals surface area contributed by atoms with Crippen molar-refractivity contribution in [3.8, 4) is 5.88 Å². The minimum Gasteiger partial charge on any atom is -0.475 e. The quantitative estimate of drug-likeness (QED) is 0.754. The topological polar surface area (TPSA) is 67.5 Å². The monoisotopic (exact) mass is 381 g/mol. The SMILES string of the molecule is O=C(c1c[nH]c2ccccc12)N1CC2(C1)OCC[C@@H]2COc1ncccc1F. The molecule has 4 heterocycles. The highest BCUT2D eigenvalue weighted by Crippen LogP contribution is 2.41. The van der Waals surface area contributed by atoms with E-state index in [1.165, 1.54) is 18.3 Å². The van der Waals surface area contributed by atoms with Gasteiger partial charge in [-0.05, 0) is 24.6 Å². The zero-order valence-corrected chi connectivity index (χ0v) is 15.2. The predicted octanol–water partition coefficient (Wildman–Crippen LogP) is 3.01. The number of carbonyl (C=O) groups is 1. The van der Waals surface area contributed by atoms with Crippen LogP contribution in [0.1, 0.15) is 16.8 Å². The first-order chi connectivity index (χ1) is 13.7. The highest BCUT2D eigenvalue weighted by Gasteiger charge is 2.55. The number of amides is 1. The Balaban J connectivity index is 1.26. The van der Waals surface area contributed by atoms with Gasteiger partial charge in [-0.2, -0.15) is 0 Å². The van der Waals surface area contributed by atoms with E-state index in [1.807, 2.05) is 24.3 Å². The van der Waals surface area contributed by atoms with Crippen molar-refractivity contribution in [2.75, 3.05) is 26.3 Å². The lowest BCUT2D eigenvalue weighted by atomic mass is 9.81. The van der Waals surface area contributed by atoms with Gasteiger partial charge in [0, 0.05) is 35.8 Å². The van der Waals surface area contributed by atoms with Crippen LogP contribution in [0.3, 0.4) is 0 Å². The molecule has 2 aliphatic rings. The molecule has 0 radical (unpaired) electrons. The fourth-order valence-corrected chi connectivity index (χ4v) is 4.19. The lowest BCUT2D eigenvalue weighted by molar-refractivity contribution is -0.122. The Labute approximate surface area is 161 Å². The van der Waals surface area contributed by atoms with Crippen molar-refractivity contribution in [1.29, 1.82) is 0 Å². The van der Waals surface area contributed by atoms with Crippen molar-refractivity contribution < 1.29 is 18.7 Å². The molecule has 2 aromatic heterocycles. The molecule has 2 fully saturated rings. The van der Waals surface area contributed by atoms with E-state index in [2.05, 4.69) is 9.97 Å². The number of H-pyrrole nitrogens is 1. The molecule has 1 spiro atoms. The van der Waals surface area contributed by atoms with Gasteiger partial charge in [0.1, 0.15) is 5.60 Å². The molecule has 0 saturated carbocycles.